The Balaban J connectivity index is 1.62. The minimum atomic E-state index is -0.288. The molecule has 26 heavy (non-hydrogen) atoms. The van der Waals surface area contributed by atoms with E-state index in [1.807, 2.05) is 25.1 Å². The molecule has 0 aromatic heterocycles. The molecule has 134 valence electrons. The number of halogens is 1. The first-order valence-corrected chi connectivity index (χ1v) is 9.42. The average molecular weight is 432 g/mol. The molecular weight excluding hydrogens is 414 g/mol. The molecule has 0 saturated heterocycles. The van der Waals surface area contributed by atoms with Gasteiger partial charge < -0.3 is 10.6 Å². The highest BCUT2D eigenvalue weighted by Crippen LogP contribution is 2.31. The lowest BCUT2D eigenvalue weighted by atomic mass is 10.1. The Morgan fingerprint density at radius 2 is 1.77 bits per heavy atom. The highest BCUT2D eigenvalue weighted by atomic mass is 79.9. The summed E-state index contributed by atoms with van der Waals surface area (Å²) in [6.45, 7) is 1.93. The van der Waals surface area contributed by atoms with Gasteiger partial charge in [0.15, 0.2) is 5.11 Å². The van der Waals surface area contributed by atoms with E-state index in [9.17, 15) is 9.59 Å². The van der Waals surface area contributed by atoms with Crippen molar-refractivity contribution < 1.29 is 9.59 Å². The van der Waals surface area contributed by atoms with Gasteiger partial charge in [-0.3, -0.25) is 14.9 Å². The minimum Gasteiger partial charge on any atom is -0.332 e. The summed E-state index contributed by atoms with van der Waals surface area (Å²) in [4.78, 5) is 24.2. The van der Waals surface area contributed by atoms with Crippen LogP contribution in [0, 0.1) is 12.8 Å². The van der Waals surface area contributed by atoms with Crippen molar-refractivity contribution >= 4 is 56.4 Å². The van der Waals surface area contributed by atoms with E-state index in [-0.39, 0.29) is 22.8 Å². The molecule has 0 heterocycles. The van der Waals surface area contributed by atoms with Crippen molar-refractivity contribution in [3.05, 3.63) is 58.1 Å². The Hall–Kier alpha value is -2.25. The van der Waals surface area contributed by atoms with Gasteiger partial charge >= 0.3 is 0 Å². The second-order valence-corrected chi connectivity index (χ2v) is 7.53. The Labute approximate surface area is 165 Å². The average Bonchev–Trinajstić information content (AvgIpc) is 3.43. The number of carbonyl (C=O) groups excluding carboxylic acids is 2. The second-order valence-electron chi connectivity index (χ2n) is 6.21. The number of nitrogens with one attached hydrogen (secondary N) is 3. The Kier molecular flexibility index (Phi) is 5.68. The molecule has 3 N–H and O–H groups in total. The van der Waals surface area contributed by atoms with Crippen LogP contribution in [0.4, 0.5) is 11.4 Å². The Morgan fingerprint density at radius 3 is 2.42 bits per heavy atom. The van der Waals surface area contributed by atoms with Crippen molar-refractivity contribution in [1.82, 2.24) is 5.32 Å². The van der Waals surface area contributed by atoms with Gasteiger partial charge in [0.25, 0.3) is 5.91 Å². The second kappa shape index (κ2) is 7.97. The number of carbonyl (C=O) groups is 2. The zero-order valence-corrected chi connectivity index (χ0v) is 16.5. The first-order chi connectivity index (χ1) is 12.4. The van der Waals surface area contributed by atoms with Crippen LogP contribution in [0.5, 0.6) is 0 Å². The fourth-order valence-electron chi connectivity index (χ4n) is 2.35. The van der Waals surface area contributed by atoms with Gasteiger partial charge in [-0.2, -0.15) is 0 Å². The van der Waals surface area contributed by atoms with E-state index in [0.29, 0.717) is 11.3 Å². The van der Waals surface area contributed by atoms with Crippen molar-refractivity contribution in [3.63, 3.8) is 0 Å². The summed E-state index contributed by atoms with van der Waals surface area (Å²) < 4.78 is 0.898. The molecule has 1 aliphatic rings. The third-order valence-electron chi connectivity index (χ3n) is 4.03. The maximum Gasteiger partial charge on any atom is 0.257 e. The molecule has 0 bridgehead atoms. The molecule has 2 aromatic rings. The van der Waals surface area contributed by atoms with Crippen LogP contribution in [-0.4, -0.2) is 16.9 Å². The van der Waals surface area contributed by atoms with E-state index in [2.05, 4.69) is 31.9 Å². The summed E-state index contributed by atoms with van der Waals surface area (Å²) in [5, 5.41) is 8.76. The molecule has 1 saturated carbocycles. The molecule has 3 rings (SSSR count). The summed E-state index contributed by atoms with van der Waals surface area (Å²) in [5.74, 6) is -0.0990. The largest absolute Gasteiger partial charge is 0.332 e. The molecule has 0 atom stereocenters. The molecule has 1 aliphatic carbocycles. The maximum absolute atomic E-state index is 12.2. The number of anilines is 2. The third kappa shape index (κ3) is 4.89. The summed E-state index contributed by atoms with van der Waals surface area (Å²) >= 11 is 8.55. The van der Waals surface area contributed by atoms with Crippen LogP contribution in [0.2, 0.25) is 0 Å². The molecule has 2 aromatic carbocycles. The fourth-order valence-corrected chi connectivity index (χ4v) is 2.83. The van der Waals surface area contributed by atoms with Gasteiger partial charge in [0, 0.05) is 27.3 Å². The maximum atomic E-state index is 12.2. The predicted octanol–water partition coefficient (Wildman–Crippen LogP) is 4.23. The lowest BCUT2D eigenvalue weighted by molar-refractivity contribution is -0.117. The Bertz CT molecular complexity index is 864. The Morgan fingerprint density at radius 1 is 1.08 bits per heavy atom. The van der Waals surface area contributed by atoms with E-state index < -0.39 is 0 Å². The van der Waals surface area contributed by atoms with E-state index in [1.165, 1.54) is 0 Å². The van der Waals surface area contributed by atoms with Gasteiger partial charge in [-0.25, -0.2) is 0 Å². The lowest BCUT2D eigenvalue weighted by Crippen LogP contribution is -2.34. The number of thiocarbonyl (C=S) groups is 1. The molecule has 1 fully saturated rings. The number of benzene rings is 2. The zero-order valence-electron chi connectivity index (χ0n) is 14.1. The molecule has 7 heteroatoms. The minimum absolute atomic E-state index is 0.0522. The highest BCUT2D eigenvalue weighted by molar-refractivity contribution is 9.10. The zero-order chi connectivity index (χ0) is 18.7. The molecule has 0 radical (unpaired) electrons. The van der Waals surface area contributed by atoms with Crippen LogP contribution < -0.4 is 16.0 Å². The van der Waals surface area contributed by atoms with Crippen molar-refractivity contribution in [2.24, 2.45) is 5.92 Å². The molecule has 2 amide bonds. The van der Waals surface area contributed by atoms with E-state index >= 15 is 0 Å². The standard InChI is InChI=1S/C19H18BrN3O2S/c1-11-2-9-15(10-16(11)22-17(24)12-3-4-12)21-19(26)23-18(25)13-5-7-14(20)8-6-13/h2,5-10,12H,3-4H2,1H3,(H,22,24)(H2,21,23,25,26). The fraction of sp³-hybridized carbons (Fsp3) is 0.211. The smallest absolute Gasteiger partial charge is 0.257 e. The number of hydrogen-bond donors (Lipinski definition) is 3. The van der Waals surface area contributed by atoms with E-state index in [1.54, 1.807) is 24.3 Å². The molecule has 0 spiro atoms. The van der Waals surface area contributed by atoms with E-state index in [0.717, 1.165) is 28.6 Å². The van der Waals surface area contributed by atoms with Crippen LogP contribution >= 0.6 is 28.1 Å². The first kappa shape index (κ1) is 18.5. The van der Waals surface area contributed by atoms with Crippen LogP contribution in [0.15, 0.2) is 46.9 Å². The van der Waals surface area contributed by atoms with Gasteiger partial charge in [-0.15, -0.1) is 0 Å². The number of aryl methyl sites for hydroxylation is 1. The summed E-state index contributed by atoms with van der Waals surface area (Å²) in [7, 11) is 0. The molecule has 0 aliphatic heterocycles. The SMILES string of the molecule is Cc1ccc(NC(=S)NC(=O)c2ccc(Br)cc2)cc1NC(=O)C1CC1. The topological polar surface area (TPSA) is 70.2 Å². The quantitative estimate of drug-likeness (QED) is 0.633. The number of hydrogen-bond acceptors (Lipinski definition) is 3. The monoisotopic (exact) mass is 431 g/mol. The van der Waals surface area contributed by atoms with Gasteiger partial charge in [0.1, 0.15) is 0 Å². The van der Waals surface area contributed by atoms with Crippen molar-refractivity contribution in [1.29, 1.82) is 0 Å². The van der Waals surface area contributed by atoms with Crippen LogP contribution in [0.25, 0.3) is 0 Å². The lowest BCUT2D eigenvalue weighted by Gasteiger charge is -2.13. The summed E-state index contributed by atoms with van der Waals surface area (Å²) in [6.07, 6.45) is 1.91. The van der Waals surface area contributed by atoms with Gasteiger partial charge in [-0.1, -0.05) is 22.0 Å². The van der Waals surface area contributed by atoms with E-state index in [4.69, 9.17) is 12.2 Å². The van der Waals surface area contributed by atoms with Gasteiger partial charge in [0.05, 0.1) is 0 Å². The molecular formula is C19H18BrN3O2S. The van der Waals surface area contributed by atoms with Crippen molar-refractivity contribution in [2.75, 3.05) is 10.6 Å². The molecule has 0 unspecified atom stereocenters. The third-order valence-corrected chi connectivity index (χ3v) is 4.77. The highest BCUT2D eigenvalue weighted by Gasteiger charge is 2.29. The number of amides is 2. The predicted molar refractivity (Wildman–Crippen MR) is 110 cm³/mol. The van der Waals surface area contributed by atoms with Crippen LogP contribution in [0.1, 0.15) is 28.8 Å². The summed E-state index contributed by atoms with van der Waals surface area (Å²) in [5.41, 5.74) is 2.92. The molecule has 5 nitrogen and oxygen atoms in total. The normalized spacial score (nSPS) is 13.0. The van der Waals surface area contributed by atoms with Crippen LogP contribution in [0.3, 0.4) is 0 Å². The van der Waals surface area contributed by atoms with Crippen molar-refractivity contribution in [3.8, 4) is 0 Å². The van der Waals surface area contributed by atoms with Crippen molar-refractivity contribution in [2.45, 2.75) is 19.8 Å². The number of rotatable bonds is 4. The van der Waals surface area contributed by atoms with Gasteiger partial charge in [-0.05, 0) is 73.9 Å². The first-order valence-electron chi connectivity index (χ1n) is 8.22. The van der Waals surface area contributed by atoms with Gasteiger partial charge in [0.2, 0.25) is 5.91 Å². The summed E-state index contributed by atoms with van der Waals surface area (Å²) in [6, 6.07) is 12.6. The van der Waals surface area contributed by atoms with Crippen LogP contribution in [-0.2, 0) is 4.79 Å².